The minimum Gasteiger partial charge on any atom is -0.497 e. The molecule has 2 aliphatic heterocycles. The molecule has 2 aromatic carbocycles. The van der Waals surface area contributed by atoms with Crippen molar-refractivity contribution in [1.82, 2.24) is 10.6 Å². The molecule has 7 heteroatoms. The first-order valence-corrected chi connectivity index (χ1v) is 10.9. The number of hydrogen-bond donors (Lipinski definition) is 2. The number of ether oxygens (including phenoxy) is 2. The third kappa shape index (κ3) is 6.26. The fourth-order valence-corrected chi connectivity index (χ4v) is 3.91. The molecule has 0 unspecified atom stereocenters. The molecule has 2 N–H and O–H groups in total. The van der Waals surface area contributed by atoms with Crippen LogP contribution in [0, 0.1) is 0 Å². The predicted molar refractivity (Wildman–Crippen MR) is 124 cm³/mol. The zero-order chi connectivity index (χ0) is 20.5. The van der Waals surface area contributed by atoms with E-state index in [9.17, 15) is 0 Å². The quantitative estimate of drug-likeness (QED) is 0.728. The summed E-state index contributed by atoms with van der Waals surface area (Å²) in [6, 6.07) is 14.5. The summed E-state index contributed by atoms with van der Waals surface area (Å²) in [5, 5.41) is 6.68. The molecule has 4 rings (SSSR count). The Bertz CT molecular complexity index is 762. The van der Waals surface area contributed by atoms with Gasteiger partial charge in [0.2, 0.25) is 0 Å². The third-order valence-corrected chi connectivity index (χ3v) is 5.81. The highest BCUT2D eigenvalue weighted by Crippen LogP contribution is 2.29. The number of anilines is 2. The highest BCUT2D eigenvalue weighted by Gasteiger charge is 2.12. The van der Waals surface area contributed by atoms with Gasteiger partial charge in [0.05, 0.1) is 18.7 Å². The van der Waals surface area contributed by atoms with Gasteiger partial charge in [-0.25, -0.2) is 0 Å². The molecule has 0 bridgehead atoms. The van der Waals surface area contributed by atoms with Gasteiger partial charge in [-0.05, 0) is 40.2 Å². The Balaban J connectivity index is 0.000000166. The van der Waals surface area contributed by atoms with E-state index in [2.05, 4.69) is 60.6 Å². The van der Waals surface area contributed by atoms with Gasteiger partial charge in [-0.15, -0.1) is 0 Å². The summed E-state index contributed by atoms with van der Waals surface area (Å²) in [4.78, 5) is 4.74. The lowest BCUT2D eigenvalue weighted by molar-refractivity contribution is 0.412. The molecular weight excluding hydrogens is 432 g/mol. The molecule has 0 saturated carbocycles. The normalized spacial score (nSPS) is 16.7. The van der Waals surface area contributed by atoms with E-state index in [4.69, 9.17) is 9.47 Å². The average molecular weight is 463 g/mol. The number of piperazine rings is 2. The number of nitrogens with one attached hydrogen (secondary N) is 2. The maximum Gasteiger partial charge on any atom is 0.135 e. The van der Waals surface area contributed by atoms with E-state index in [1.54, 1.807) is 14.2 Å². The SMILES string of the molecule is COc1cc(N2CCNCC2)ccc1Br.COc1cccc(N2CCNCC2)c1. The zero-order valence-electron chi connectivity index (χ0n) is 17.3. The molecule has 2 aromatic rings. The number of nitrogens with zero attached hydrogens (tertiary/aromatic N) is 2. The van der Waals surface area contributed by atoms with Crippen molar-refractivity contribution in [2.24, 2.45) is 0 Å². The average Bonchev–Trinajstić information content (AvgIpc) is 2.81. The van der Waals surface area contributed by atoms with Gasteiger partial charge in [0.25, 0.3) is 0 Å². The van der Waals surface area contributed by atoms with E-state index in [0.29, 0.717) is 0 Å². The molecule has 0 aromatic heterocycles. The first kappa shape index (κ1) is 21.7. The largest absolute Gasteiger partial charge is 0.497 e. The molecule has 0 aliphatic carbocycles. The first-order valence-electron chi connectivity index (χ1n) is 10.1. The van der Waals surface area contributed by atoms with Crippen LogP contribution in [-0.4, -0.2) is 66.6 Å². The molecule has 2 heterocycles. The Hall–Kier alpha value is -1.96. The van der Waals surface area contributed by atoms with Crippen molar-refractivity contribution in [3.05, 3.63) is 46.9 Å². The predicted octanol–water partition coefficient (Wildman–Crippen LogP) is 2.97. The van der Waals surface area contributed by atoms with Gasteiger partial charge in [-0.2, -0.15) is 0 Å². The lowest BCUT2D eigenvalue weighted by Gasteiger charge is -2.29. The number of hydrogen-bond acceptors (Lipinski definition) is 6. The third-order valence-electron chi connectivity index (χ3n) is 5.15. The maximum absolute atomic E-state index is 5.29. The summed E-state index contributed by atoms with van der Waals surface area (Å²) in [7, 11) is 3.40. The Morgan fingerprint density at radius 1 is 0.759 bits per heavy atom. The van der Waals surface area contributed by atoms with Crippen LogP contribution >= 0.6 is 15.9 Å². The van der Waals surface area contributed by atoms with Gasteiger partial charge in [0, 0.05) is 75.9 Å². The van der Waals surface area contributed by atoms with Gasteiger partial charge < -0.3 is 29.9 Å². The van der Waals surface area contributed by atoms with Crippen molar-refractivity contribution in [1.29, 1.82) is 0 Å². The van der Waals surface area contributed by atoms with Crippen molar-refractivity contribution < 1.29 is 9.47 Å². The lowest BCUT2D eigenvalue weighted by atomic mass is 10.2. The molecular formula is C22H31BrN4O2. The number of rotatable bonds is 4. The molecule has 2 aliphatic rings. The Labute approximate surface area is 182 Å². The van der Waals surface area contributed by atoms with Gasteiger partial charge in [-0.3, -0.25) is 0 Å². The second-order valence-corrected chi connectivity index (χ2v) is 7.85. The van der Waals surface area contributed by atoms with E-state index >= 15 is 0 Å². The summed E-state index contributed by atoms with van der Waals surface area (Å²) < 4.78 is 11.5. The molecule has 2 fully saturated rings. The molecule has 158 valence electrons. The highest BCUT2D eigenvalue weighted by atomic mass is 79.9. The molecule has 6 nitrogen and oxygen atoms in total. The van der Waals surface area contributed by atoms with Crippen LogP contribution in [0.3, 0.4) is 0 Å². The summed E-state index contributed by atoms with van der Waals surface area (Å²) in [6.07, 6.45) is 0. The zero-order valence-corrected chi connectivity index (χ0v) is 18.9. The van der Waals surface area contributed by atoms with Crippen molar-refractivity contribution in [3.63, 3.8) is 0 Å². The van der Waals surface area contributed by atoms with E-state index < -0.39 is 0 Å². The summed E-state index contributed by atoms with van der Waals surface area (Å²) in [5.74, 6) is 1.83. The second kappa shape index (κ2) is 11.3. The smallest absolute Gasteiger partial charge is 0.135 e. The first-order chi connectivity index (χ1) is 14.2. The van der Waals surface area contributed by atoms with E-state index in [0.717, 1.165) is 68.3 Å². The van der Waals surface area contributed by atoms with Crippen LogP contribution in [0.15, 0.2) is 46.9 Å². The fraction of sp³-hybridized carbons (Fsp3) is 0.455. The standard InChI is InChI=1S/C11H15BrN2O.C11H16N2O/c1-15-11-8-9(2-3-10(11)12)14-6-4-13-5-7-14;1-14-11-4-2-3-10(9-11)13-7-5-12-6-8-13/h2-3,8,13H,4-7H2,1H3;2-4,9,12H,5-8H2,1H3. The summed E-state index contributed by atoms with van der Waals surface area (Å²) in [6.45, 7) is 8.51. The lowest BCUT2D eigenvalue weighted by Crippen LogP contribution is -2.43. The van der Waals surface area contributed by atoms with Gasteiger partial charge >= 0.3 is 0 Å². The van der Waals surface area contributed by atoms with Crippen molar-refractivity contribution in [2.75, 3.05) is 76.4 Å². The van der Waals surface area contributed by atoms with Crippen LogP contribution in [0.4, 0.5) is 11.4 Å². The van der Waals surface area contributed by atoms with Crippen molar-refractivity contribution >= 4 is 27.3 Å². The molecule has 29 heavy (non-hydrogen) atoms. The summed E-state index contributed by atoms with van der Waals surface area (Å²) >= 11 is 3.46. The molecule has 2 saturated heterocycles. The Morgan fingerprint density at radius 2 is 1.34 bits per heavy atom. The van der Waals surface area contributed by atoms with Crippen molar-refractivity contribution in [3.8, 4) is 11.5 Å². The van der Waals surface area contributed by atoms with Crippen LogP contribution < -0.4 is 29.9 Å². The van der Waals surface area contributed by atoms with Crippen LogP contribution in [0.2, 0.25) is 0 Å². The number of benzene rings is 2. The van der Waals surface area contributed by atoms with Gasteiger partial charge in [0.15, 0.2) is 0 Å². The van der Waals surface area contributed by atoms with Gasteiger partial charge in [-0.1, -0.05) is 6.07 Å². The van der Waals surface area contributed by atoms with Gasteiger partial charge in [0.1, 0.15) is 11.5 Å². The molecule has 0 spiro atoms. The molecule has 0 atom stereocenters. The minimum atomic E-state index is 0.894. The molecule has 0 radical (unpaired) electrons. The van der Waals surface area contributed by atoms with E-state index in [-0.39, 0.29) is 0 Å². The van der Waals surface area contributed by atoms with Crippen LogP contribution in [0.25, 0.3) is 0 Å². The van der Waals surface area contributed by atoms with Crippen LogP contribution in [0.5, 0.6) is 11.5 Å². The van der Waals surface area contributed by atoms with E-state index in [1.807, 2.05) is 18.2 Å². The number of methoxy groups -OCH3 is 2. The van der Waals surface area contributed by atoms with Crippen molar-refractivity contribution in [2.45, 2.75) is 0 Å². The maximum atomic E-state index is 5.29. The number of halogens is 1. The topological polar surface area (TPSA) is 49.0 Å². The second-order valence-electron chi connectivity index (χ2n) is 6.99. The Kier molecular flexibility index (Phi) is 8.46. The van der Waals surface area contributed by atoms with E-state index in [1.165, 1.54) is 11.4 Å². The highest BCUT2D eigenvalue weighted by molar-refractivity contribution is 9.10. The monoisotopic (exact) mass is 462 g/mol. The van der Waals surface area contributed by atoms with Crippen LogP contribution in [-0.2, 0) is 0 Å². The van der Waals surface area contributed by atoms with Crippen LogP contribution in [0.1, 0.15) is 0 Å². The molecule has 0 amide bonds. The minimum absolute atomic E-state index is 0.894. The fourth-order valence-electron chi connectivity index (χ4n) is 3.50. The summed E-state index contributed by atoms with van der Waals surface area (Å²) in [5.41, 5.74) is 2.49. The Morgan fingerprint density at radius 3 is 1.90 bits per heavy atom.